The van der Waals surface area contributed by atoms with E-state index < -0.39 is 16.9 Å². The monoisotopic (exact) mass is 594 g/mol. The summed E-state index contributed by atoms with van der Waals surface area (Å²) in [7, 11) is 6.13. The van der Waals surface area contributed by atoms with Gasteiger partial charge in [-0.1, -0.05) is 22.6 Å². The number of hydrogen-bond donors (Lipinski definition) is 1. The number of methoxy groups -OCH3 is 4. The van der Waals surface area contributed by atoms with E-state index in [1.54, 1.807) is 38.5 Å². The van der Waals surface area contributed by atoms with Crippen LogP contribution in [-0.4, -0.2) is 56.6 Å². The number of amides is 1. The first-order valence-electron chi connectivity index (χ1n) is 12.5. The van der Waals surface area contributed by atoms with E-state index in [1.807, 2.05) is 6.07 Å². The van der Waals surface area contributed by atoms with Crippen LogP contribution < -0.4 is 29.0 Å². The number of anilines is 1. The van der Waals surface area contributed by atoms with Gasteiger partial charge in [0.05, 0.1) is 49.3 Å². The van der Waals surface area contributed by atoms with Gasteiger partial charge in [-0.15, -0.1) is 0 Å². The summed E-state index contributed by atoms with van der Waals surface area (Å²) in [6.07, 6.45) is 0.0497. The molecule has 42 heavy (non-hydrogen) atoms. The Bertz CT molecular complexity index is 1660. The smallest absolute Gasteiger partial charge is 0.270 e. The Labute approximate surface area is 243 Å². The van der Waals surface area contributed by atoms with Crippen LogP contribution in [0.25, 0.3) is 10.2 Å². The first kappa shape index (κ1) is 28.4. The lowest BCUT2D eigenvalue weighted by Gasteiger charge is -2.15. The minimum atomic E-state index is -0.482. The van der Waals surface area contributed by atoms with E-state index in [0.717, 1.165) is 22.5 Å². The van der Waals surface area contributed by atoms with Crippen molar-refractivity contribution in [3.8, 4) is 28.7 Å². The average molecular weight is 595 g/mol. The molecule has 13 nitrogen and oxygen atoms in total. The molecule has 0 saturated carbocycles. The van der Waals surface area contributed by atoms with Gasteiger partial charge in [-0.2, -0.15) is 0 Å². The molecule has 1 unspecified atom stereocenters. The van der Waals surface area contributed by atoms with Crippen molar-refractivity contribution in [1.82, 2.24) is 4.98 Å². The van der Waals surface area contributed by atoms with E-state index in [-0.39, 0.29) is 12.3 Å². The minimum absolute atomic E-state index is 0.0495. The van der Waals surface area contributed by atoms with Crippen molar-refractivity contribution in [3.63, 3.8) is 0 Å². The second-order valence-electron chi connectivity index (χ2n) is 8.93. The molecule has 1 N–H and O–H groups in total. The Morgan fingerprint density at radius 3 is 2.40 bits per heavy atom. The molecule has 5 rings (SSSR count). The fourth-order valence-corrected chi connectivity index (χ4v) is 5.27. The van der Waals surface area contributed by atoms with Crippen LogP contribution in [0.1, 0.15) is 23.7 Å². The zero-order valence-electron chi connectivity index (χ0n) is 23.0. The van der Waals surface area contributed by atoms with E-state index in [0.29, 0.717) is 56.2 Å². The number of nitrogens with one attached hydrogen (secondary N) is 1. The van der Waals surface area contributed by atoms with Gasteiger partial charge in [-0.3, -0.25) is 20.2 Å². The van der Waals surface area contributed by atoms with Crippen molar-refractivity contribution >= 4 is 44.0 Å². The number of aromatic nitrogens is 1. The summed E-state index contributed by atoms with van der Waals surface area (Å²) in [4.78, 5) is 33.2. The second kappa shape index (κ2) is 12.2. The van der Waals surface area contributed by atoms with Crippen LogP contribution in [0.2, 0.25) is 0 Å². The molecule has 0 saturated heterocycles. The molecule has 0 fully saturated rings. The molecule has 1 aliphatic heterocycles. The molecule has 0 spiro atoms. The number of rotatable bonds is 11. The standard InChI is InChI=1S/C28H26N4O9S/c1-36-20-8-5-15(21-13-19(31-41-21)16-10-23(37-2)27(39-4)24(11-16)38-3)9-22(20)40-14-26(33)30-28-29-18-7-6-17(32(34)35)12-25(18)42-28/h5-12,21H,13-14H2,1-4H3,(H,29,30,33). The highest BCUT2D eigenvalue weighted by Gasteiger charge is 2.27. The highest BCUT2D eigenvalue weighted by atomic mass is 32.1. The molecule has 2 heterocycles. The molecule has 1 atom stereocenters. The lowest BCUT2D eigenvalue weighted by atomic mass is 9.99. The molecular formula is C28H26N4O9S. The first-order chi connectivity index (χ1) is 20.3. The maximum atomic E-state index is 12.6. The van der Waals surface area contributed by atoms with Gasteiger partial charge in [0.2, 0.25) is 5.75 Å². The lowest BCUT2D eigenvalue weighted by molar-refractivity contribution is -0.384. The molecule has 14 heteroatoms. The van der Waals surface area contributed by atoms with Crippen LogP contribution in [0.4, 0.5) is 10.8 Å². The quantitative estimate of drug-likeness (QED) is 0.183. The van der Waals surface area contributed by atoms with Gasteiger partial charge in [0.1, 0.15) is 0 Å². The van der Waals surface area contributed by atoms with E-state index in [9.17, 15) is 14.9 Å². The van der Waals surface area contributed by atoms with Gasteiger partial charge in [0.15, 0.2) is 40.8 Å². The molecule has 0 bridgehead atoms. The van der Waals surface area contributed by atoms with Gasteiger partial charge in [-0.25, -0.2) is 4.98 Å². The molecule has 1 amide bonds. The van der Waals surface area contributed by atoms with Crippen molar-refractivity contribution in [1.29, 1.82) is 0 Å². The molecule has 1 aliphatic rings. The number of hydrogen-bond acceptors (Lipinski definition) is 12. The normalized spacial score (nSPS) is 14.1. The summed E-state index contributed by atoms with van der Waals surface area (Å²) in [5, 5.41) is 18.3. The highest BCUT2D eigenvalue weighted by Crippen LogP contribution is 2.41. The summed E-state index contributed by atoms with van der Waals surface area (Å²) in [5.41, 5.74) is 2.72. The van der Waals surface area contributed by atoms with Crippen molar-refractivity contribution in [2.24, 2.45) is 5.16 Å². The third-order valence-corrected chi connectivity index (χ3v) is 7.35. The summed E-state index contributed by atoms with van der Waals surface area (Å²) in [5.74, 6) is 1.80. The maximum absolute atomic E-state index is 12.6. The van der Waals surface area contributed by atoms with Gasteiger partial charge >= 0.3 is 0 Å². The summed E-state index contributed by atoms with van der Waals surface area (Å²) >= 11 is 1.13. The van der Waals surface area contributed by atoms with Crippen LogP contribution in [0.5, 0.6) is 28.7 Å². The van der Waals surface area contributed by atoms with Crippen LogP contribution >= 0.6 is 11.3 Å². The number of benzene rings is 3. The highest BCUT2D eigenvalue weighted by molar-refractivity contribution is 7.22. The van der Waals surface area contributed by atoms with Crippen molar-refractivity contribution in [2.75, 3.05) is 40.4 Å². The number of fused-ring (bicyclic) bond motifs is 1. The van der Waals surface area contributed by atoms with E-state index >= 15 is 0 Å². The molecular weight excluding hydrogens is 568 g/mol. The van der Waals surface area contributed by atoms with Crippen LogP contribution in [0, 0.1) is 10.1 Å². The van der Waals surface area contributed by atoms with E-state index in [2.05, 4.69) is 15.5 Å². The molecule has 0 aliphatic carbocycles. The Hall–Kier alpha value is -5.11. The van der Waals surface area contributed by atoms with Crippen molar-refractivity contribution < 1.29 is 38.2 Å². The largest absolute Gasteiger partial charge is 0.493 e. The molecule has 1 aromatic heterocycles. The Morgan fingerprint density at radius 1 is 1.00 bits per heavy atom. The predicted octanol–water partition coefficient (Wildman–Crippen LogP) is 5.12. The Kier molecular flexibility index (Phi) is 8.24. The number of nitrogens with zero attached hydrogens (tertiary/aromatic N) is 3. The number of carbonyl (C=O) groups is 1. The number of nitro groups is 1. The van der Waals surface area contributed by atoms with Gasteiger partial charge in [0, 0.05) is 24.1 Å². The fraction of sp³-hybridized carbons (Fsp3) is 0.250. The predicted molar refractivity (Wildman–Crippen MR) is 154 cm³/mol. The third-order valence-electron chi connectivity index (χ3n) is 6.41. The number of non-ortho nitro benzene ring substituents is 1. The Balaban J connectivity index is 1.26. The van der Waals surface area contributed by atoms with Crippen molar-refractivity contribution in [3.05, 3.63) is 69.8 Å². The van der Waals surface area contributed by atoms with Crippen molar-refractivity contribution in [2.45, 2.75) is 12.5 Å². The van der Waals surface area contributed by atoms with Crippen LogP contribution in [0.3, 0.4) is 0 Å². The fourth-order valence-electron chi connectivity index (χ4n) is 4.36. The van der Waals surface area contributed by atoms with E-state index in [1.165, 1.54) is 32.4 Å². The van der Waals surface area contributed by atoms with Gasteiger partial charge in [0.25, 0.3) is 11.6 Å². The first-order valence-corrected chi connectivity index (χ1v) is 13.3. The molecule has 3 aromatic carbocycles. The topological polar surface area (TPSA) is 153 Å². The van der Waals surface area contributed by atoms with Gasteiger partial charge < -0.3 is 28.5 Å². The van der Waals surface area contributed by atoms with Crippen LogP contribution in [0.15, 0.2) is 53.7 Å². The SMILES string of the molecule is COc1ccc(C2CC(c3cc(OC)c(OC)c(OC)c3)=NO2)cc1OCC(=O)Nc1nc2ccc([N+](=O)[O-])cc2s1. The second-order valence-corrected chi connectivity index (χ2v) is 9.96. The molecule has 4 aromatic rings. The summed E-state index contributed by atoms with van der Waals surface area (Å²) in [6, 6.07) is 13.2. The zero-order valence-corrected chi connectivity index (χ0v) is 23.9. The summed E-state index contributed by atoms with van der Waals surface area (Å²) in [6.45, 7) is -0.325. The molecule has 0 radical (unpaired) electrons. The van der Waals surface area contributed by atoms with Crippen LogP contribution in [-0.2, 0) is 9.63 Å². The molecule has 218 valence electrons. The van der Waals surface area contributed by atoms with E-state index in [4.69, 9.17) is 28.5 Å². The average Bonchev–Trinajstić information content (AvgIpc) is 3.66. The number of thiazole rings is 1. The lowest BCUT2D eigenvalue weighted by Crippen LogP contribution is -2.20. The third kappa shape index (κ3) is 5.83. The Morgan fingerprint density at radius 2 is 1.74 bits per heavy atom. The summed E-state index contributed by atoms with van der Waals surface area (Å²) < 4.78 is 28.1. The zero-order chi connectivity index (χ0) is 29.8. The number of ether oxygens (including phenoxy) is 5. The number of nitro benzene ring substituents is 1. The number of carbonyl (C=O) groups excluding carboxylic acids is 1. The number of oxime groups is 1. The van der Waals surface area contributed by atoms with Gasteiger partial charge in [-0.05, 0) is 35.9 Å². The maximum Gasteiger partial charge on any atom is 0.270 e. The minimum Gasteiger partial charge on any atom is -0.493 e.